The SMILES string of the molecule is CC1O[SiH](C)O[SiH](C)O[SiH](C)O[SiH](C)O[SiH](C)O1. The van der Waals surface area contributed by atoms with Gasteiger partial charge in [0.1, 0.15) is 6.29 Å². The Morgan fingerprint density at radius 3 is 1.17 bits per heavy atom. The molecular weight excluding hydrogens is 321 g/mol. The highest BCUT2D eigenvalue weighted by Crippen LogP contribution is 2.08. The van der Waals surface area contributed by atoms with Gasteiger partial charge < -0.3 is 25.3 Å². The third kappa shape index (κ3) is 6.85. The van der Waals surface area contributed by atoms with Gasteiger partial charge in [0.15, 0.2) is 0 Å². The van der Waals surface area contributed by atoms with Crippen LogP contribution in [0.5, 0.6) is 0 Å². The number of hydrogen-bond donors (Lipinski definition) is 0. The topological polar surface area (TPSA) is 55.4 Å². The molecule has 6 nitrogen and oxygen atoms in total. The van der Waals surface area contributed by atoms with E-state index in [1.165, 1.54) is 0 Å². The predicted octanol–water partition coefficient (Wildman–Crippen LogP) is -0.303. The van der Waals surface area contributed by atoms with Crippen molar-refractivity contribution in [3.8, 4) is 0 Å². The van der Waals surface area contributed by atoms with Crippen molar-refractivity contribution in [3.05, 3.63) is 0 Å². The van der Waals surface area contributed by atoms with Crippen LogP contribution in [0.4, 0.5) is 0 Å². The molecule has 1 rings (SSSR count). The largest absolute Gasteiger partial charge is 0.420 e. The lowest BCUT2D eigenvalue weighted by Crippen LogP contribution is -2.43. The number of rotatable bonds is 0. The molecule has 1 aliphatic rings. The van der Waals surface area contributed by atoms with Gasteiger partial charge in [-0.05, 0) is 39.7 Å². The van der Waals surface area contributed by atoms with E-state index in [1.54, 1.807) is 0 Å². The molecule has 0 aromatic heterocycles. The molecule has 1 saturated heterocycles. The van der Waals surface area contributed by atoms with Crippen LogP contribution in [0.1, 0.15) is 6.92 Å². The lowest BCUT2D eigenvalue weighted by atomic mass is 10.8. The van der Waals surface area contributed by atoms with Crippen molar-refractivity contribution in [2.75, 3.05) is 0 Å². The molecule has 1 aliphatic heterocycles. The van der Waals surface area contributed by atoms with Gasteiger partial charge in [0.05, 0.1) is 0 Å². The Hall–Kier alpha value is 0.844. The average Bonchev–Trinajstić information content (AvgIpc) is 2.12. The van der Waals surface area contributed by atoms with E-state index in [-0.39, 0.29) is 6.29 Å². The zero-order valence-electron chi connectivity index (χ0n) is 11.9. The zero-order valence-corrected chi connectivity index (χ0v) is 17.7. The monoisotopic (exact) mass is 344 g/mol. The van der Waals surface area contributed by atoms with Crippen LogP contribution in [0.3, 0.4) is 0 Å². The fourth-order valence-corrected chi connectivity index (χ4v) is 14.8. The van der Waals surface area contributed by atoms with Crippen LogP contribution in [0, 0.1) is 0 Å². The molecule has 0 aromatic carbocycles. The Morgan fingerprint density at radius 2 is 0.833 bits per heavy atom. The first kappa shape index (κ1) is 16.9. The Morgan fingerprint density at radius 1 is 0.556 bits per heavy atom. The van der Waals surface area contributed by atoms with Crippen LogP contribution in [0.15, 0.2) is 0 Å². The third-order valence-corrected chi connectivity index (χ3v) is 16.1. The second-order valence-electron chi connectivity index (χ2n) is 4.22. The molecule has 0 bridgehead atoms. The van der Waals surface area contributed by atoms with Gasteiger partial charge in [-0.25, -0.2) is 0 Å². The highest BCUT2D eigenvalue weighted by atomic mass is 28.5. The van der Waals surface area contributed by atoms with Crippen molar-refractivity contribution in [3.63, 3.8) is 0 Å². The maximum Gasteiger partial charge on any atom is 0.311 e. The van der Waals surface area contributed by atoms with Crippen molar-refractivity contribution in [1.29, 1.82) is 0 Å². The molecule has 1 heterocycles. The number of hydrogen-bond acceptors (Lipinski definition) is 6. The minimum Gasteiger partial charge on any atom is -0.420 e. The molecule has 4 atom stereocenters. The fourth-order valence-electron chi connectivity index (χ4n) is 1.81. The molecule has 0 saturated carbocycles. The molecule has 0 aliphatic carbocycles. The smallest absolute Gasteiger partial charge is 0.311 e. The van der Waals surface area contributed by atoms with Gasteiger partial charge in [-0.1, -0.05) is 0 Å². The van der Waals surface area contributed by atoms with Crippen LogP contribution in [-0.4, -0.2) is 52.7 Å². The van der Waals surface area contributed by atoms with E-state index < -0.39 is 46.4 Å². The van der Waals surface area contributed by atoms with E-state index >= 15 is 0 Å². The van der Waals surface area contributed by atoms with E-state index in [0.29, 0.717) is 0 Å². The van der Waals surface area contributed by atoms with Gasteiger partial charge >= 0.3 is 18.6 Å². The molecule has 0 spiro atoms. The summed E-state index contributed by atoms with van der Waals surface area (Å²) < 4.78 is 34.8. The van der Waals surface area contributed by atoms with E-state index in [1.807, 2.05) is 39.7 Å². The standard InChI is InChI=1S/C7H24O6Si5/c1-7-8-14(2)10-16(4)12-18(6)13-17(5)11-15(3)9-7/h7,14-18H,1-6H3. The summed E-state index contributed by atoms with van der Waals surface area (Å²) in [5.41, 5.74) is 0. The molecule has 11 heteroatoms. The minimum absolute atomic E-state index is 0.259. The summed E-state index contributed by atoms with van der Waals surface area (Å²) >= 11 is 0. The molecular formula is C7H24O6Si5. The highest BCUT2D eigenvalue weighted by molar-refractivity contribution is 6.68. The van der Waals surface area contributed by atoms with Gasteiger partial charge in [0, 0.05) is 0 Å². The van der Waals surface area contributed by atoms with E-state index in [9.17, 15) is 0 Å². The summed E-state index contributed by atoms with van der Waals surface area (Å²) in [6, 6.07) is 0. The average molecular weight is 345 g/mol. The van der Waals surface area contributed by atoms with Gasteiger partial charge in [0.25, 0.3) is 27.9 Å². The Labute approximate surface area is 118 Å². The lowest BCUT2D eigenvalue weighted by Gasteiger charge is -2.29. The molecule has 4 unspecified atom stereocenters. The molecule has 0 radical (unpaired) electrons. The first-order chi connectivity index (χ1) is 8.36. The Balaban J connectivity index is 2.60. The maximum atomic E-state index is 5.85. The van der Waals surface area contributed by atoms with E-state index in [4.69, 9.17) is 25.3 Å². The Bertz CT molecular complexity index is 174. The first-order valence-corrected chi connectivity index (χ1v) is 16.8. The van der Waals surface area contributed by atoms with Gasteiger partial charge in [-0.3, -0.25) is 0 Å². The first-order valence-electron chi connectivity index (χ1n) is 6.29. The summed E-state index contributed by atoms with van der Waals surface area (Å²) in [6.07, 6.45) is -0.259. The van der Waals surface area contributed by atoms with Crippen molar-refractivity contribution in [2.24, 2.45) is 0 Å². The second-order valence-corrected chi connectivity index (χ2v) is 14.8. The molecule has 108 valence electrons. The quantitative estimate of drug-likeness (QED) is 0.562. The summed E-state index contributed by atoms with van der Waals surface area (Å²) in [7, 11) is -8.28. The van der Waals surface area contributed by atoms with Crippen molar-refractivity contribution < 1.29 is 25.3 Å². The molecule has 0 N–H and O–H groups in total. The van der Waals surface area contributed by atoms with E-state index in [0.717, 1.165) is 0 Å². The third-order valence-electron chi connectivity index (χ3n) is 2.30. The van der Waals surface area contributed by atoms with Crippen LogP contribution in [-0.2, 0) is 25.3 Å². The minimum atomic E-state index is -1.68. The summed E-state index contributed by atoms with van der Waals surface area (Å²) in [6.45, 7) is 11.9. The summed E-state index contributed by atoms with van der Waals surface area (Å²) in [5.74, 6) is 0. The molecule has 0 amide bonds. The maximum absolute atomic E-state index is 5.85. The van der Waals surface area contributed by atoms with Crippen molar-refractivity contribution in [2.45, 2.75) is 45.9 Å². The summed E-state index contributed by atoms with van der Waals surface area (Å²) in [5, 5.41) is 0. The zero-order chi connectivity index (χ0) is 13.7. The van der Waals surface area contributed by atoms with E-state index in [2.05, 4.69) is 0 Å². The normalized spacial score (nSPS) is 45.0. The van der Waals surface area contributed by atoms with Crippen LogP contribution in [0.25, 0.3) is 0 Å². The Kier molecular flexibility index (Phi) is 7.70. The van der Waals surface area contributed by atoms with Crippen molar-refractivity contribution >= 4 is 46.4 Å². The fraction of sp³-hybridized carbons (Fsp3) is 1.00. The lowest BCUT2D eigenvalue weighted by molar-refractivity contribution is -0.00571. The summed E-state index contributed by atoms with van der Waals surface area (Å²) in [4.78, 5) is 0. The molecule has 0 aromatic rings. The highest BCUT2D eigenvalue weighted by Gasteiger charge is 2.25. The van der Waals surface area contributed by atoms with Crippen molar-refractivity contribution in [1.82, 2.24) is 0 Å². The van der Waals surface area contributed by atoms with Gasteiger partial charge in [0.2, 0.25) is 0 Å². The molecule has 18 heavy (non-hydrogen) atoms. The van der Waals surface area contributed by atoms with Crippen LogP contribution in [0.2, 0.25) is 32.7 Å². The van der Waals surface area contributed by atoms with Gasteiger partial charge in [-0.2, -0.15) is 0 Å². The molecule has 1 fully saturated rings. The van der Waals surface area contributed by atoms with Gasteiger partial charge in [-0.15, -0.1) is 0 Å². The van der Waals surface area contributed by atoms with Crippen LogP contribution < -0.4 is 0 Å². The second kappa shape index (κ2) is 8.20. The predicted molar refractivity (Wildman–Crippen MR) is 81.0 cm³/mol. The van der Waals surface area contributed by atoms with Crippen LogP contribution >= 0.6 is 0 Å².